The number of nitrogens with one attached hydrogen (secondary N) is 1. The van der Waals surface area contributed by atoms with Crippen molar-refractivity contribution >= 4 is 23.1 Å². The van der Waals surface area contributed by atoms with Crippen LogP contribution in [0.15, 0.2) is 18.3 Å². The van der Waals surface area contributed by atoms with Gasteiger partial charge in [-0.25, -0.2) is 9.37 Å². The van der Waals surface area contributed by atoms with Crippen molar-refractivity contribution in [1.29, 1.82) is 0 Å². The zero-order valence-corrected chi connectivity index (χ0v) is 9.55. The van der Waals surface area contributed by atoms with Crippen LogP contribution in [0.2, 0.25) is 0 Å². The van der Waals surface area contributed by atoms with Gasteiger partial charge in [-0.05, 0) is 12.1 Å². The molecule has 0 bridgehead atoms. The molecule has 0 aromatic carbocycles. The van der Waals surface area contributed by atoms with Gasteiger partial charge in [0.1, 0.15) is 11.5 Å². The Morgan fingerprint density at radius 3 is 2.88 bits per heavy atom. The summed E-state index contributed by atoms with van der Waals surface area (Å²) in [6.45, 7) is 2.15. The molecule has 16 heavy (non-hydrogen) atoms. The van der Waals surface area contributed by atoms with E-state index in [0.29, 0.717) is 11.5 Å². The first-order chi connectivity index (χ1) is 7.50. The van der Waals surface area contributed by atoms with Gasteiger partial charge in [-0.1, -0.05) is 19.1 Å². The maximum absolute atomic E-state index is 12.5. The first kappa shape index (κ1) is 12.5. The molecule has 1 heterocycles. The zero-order valence-electron chi connectivity index (χ0n) is 8.74. The van der Waals surface area contributed by atoms with Crippen LogP contribution in [-0.4, -0.2) is 22.4 Å². The summed E-state index contributed by atoms with van der Waals surface area (Å²) in [5.41, 5.74) is 5.56. The molecule has 1 aromatic rings. The summed E-state index contributed by atoms with van der Waals surface area (Å²) in [6, 6.07) is 2.50. The summed E-state index contributed by atoms with van der Waals surface area (Å²) >= 11 is 4.77. The Bertz CT molecular complexity index is 394. The van der Waals surface area contributed by atoms with E-state index in [2.05, 4.69) is 10.3 Å². The monoisotopic (exact) mass is 241 g/mol. The number of carbonyl (C=O) groups excluding carboxylic acids is 1. The molecule has 0 spiro atoms. The van der Waals surface area contributed by atoms with E-state index in [0.717, 1.165) is 6.20 Å². The van der Waals surface area contributed by atoms with Gasteiger partial charge in [-0.3, -0.25) is 4.79 Å². The van der Waals surface area contributed by atoms with E-state index < -0.39 is 5.82 Å². The molecule has 1 amide bonds. The van der Waals surface area contributed by atoms with E-state index in [9.17, 15) is 9.18 Å². The lowest BCUT2D eigenvalue weighted by Crippen LogP contribution is -2.34. The lowest BCUT2D eigenvalue weighted by molar-refractivity contribution is 0.0946. The van der Waals surface area contributed by atoms with E-state index in [1.165, 1.54) is 12.1 Å². The van der Waals surface area contributed by atoms with Gasteiger partial charge in [-0.2, -0.15) is 0 Å². The van der Waals surface area contributed by atoms with Crippen LogP contribution >= 0.6 is 12.2 Å². The van der Waals surface area contributed by atoms with Crippen molar-refractivity contribution in [3.05, 3.63) is 29.8 Å². The number of hydrogen-bond donors (Lipinski definition) is 2. The summed E-state index contributed by atoms with van der Waals surface area (Å²) in [5.74, 6) is -0.935. The summed E-state index contributed by atoms with van der Waals surface area (Å²) in [5, 5.41) is 2.61. The topological polar surface area (TPSA) is 68.0 Å². The maximum Gasteiger partial charge on any atom is 0.269 e. The third-order valence-electron chi connectivity index (χ3n) is 2.01. The van der Waals surface area contributed by atoms with Crippen molar-refractivity contribution in [2.75, 3.05) is 6.54 Å². The highest BCUT2D eigenvalue weighted by Crippen LogP contribution is 1.99. The van der Waals surface area contributed by atoms with Gasteiger partial charge < -0.3 is 11.1 Å². The second-order valence-corrected chi connectivity index (χ2v) is 3.85. The molecule has 0 aliphatic rings. The lowest BCUT2D eigenvalue weighted by Gasteiger charge is -2.10. The van der Waals surface area contributed by atoms with Crippen molar-refractivity contribution < 1.29 is 9.18 Å². The molecule has 1 unspecified atom stereocenters. The third-order valence-corrected chi connectivity index (χ3v) is 2.42. The van der Waals surface area contributed by atoms with Crippen LogP contribution in [0.25, 0.3) is 0 Å². The number of nitrogens with zero attached hydrogens (tertiary/aromatic N) is 1. The molecule has 1 atom stereocenters. The van der Waals surface area contributed by atoms with Crippen LogP contribution in [0.5, 0.6) is 0 Å². The van der Waals surface area contributed by atoms with E-state index >= 15 is 0 Å². The lowest BCUT2D eigenvalue weighted by atomic mass is 10.2. The zero-order chi connectivity index (χ0) is 12.1. The number of amides is 1. The van der Waals surface area contributed by atoms with Crippen molar-refractivity contribution in [3.63, 3.8) is 0 Å². The van der Waals surface area contributed by atoms with Gasteiger partial charge in [-0.15, -0.1) is 0 Å². The molecule has 0 saturated carbocycles. The van der Waals surface area contributed by atoms with Gasteiger partial charge in [0.05, 0.1) is 11.2 Å². The average molecular weight is 241 g/mol. The Hall–Kier alpha value is -1.56. The normalized spacial score (nSPS) is 11.9. The maximum atomic E-state index is 12.5. The molecule has 1 rings (SSSR count). The average Bonchev–Trinajstić information content (AvgIpc) is 2.26. The number of hydrogen-bond acceptors (Lipinski definition) is 3. The number of rotatable bonds is 4. The highest BCUT2D eigenvalue weighted by atomic mass is 32.1. The molecule has 6 heteroatoms. The van der Waals surface area contributed by atoms with Crippen LogP contribution in [0.4, 0.5) is 4.39 Å². The summed E-state index contributed by atoms with van der Waals surface area (Å²) < 4.78 is 12.5. The molecule has 0 saturated heterocycles. The highest BCUT2D eigenvalue weighted by Gasteiger charge is 2.10. The fraction of sp³-hybridized carbons (Fsp3) is 0.300. The minimum atomic E-state index is -0.479. The summed E-state index contributed by atoms with van der Waals surface area (Å²) in [6.07, 6.45) is 0.992. The van der Waals surface area contributed by atoms with Gasteiger partial charge in [0, 0.05) is 12.5 Å². The number of halogens is 1. The Morgan fingerprint density at radius 1 is 1.69 bits per heavy atom. The SMILES string of the molecule is CC(CNC(=O)c1ccc(F)cn1)C(N)=S. The second kappa shape index (κ2) is 5.50. The smallest absolute Gasteiger partial charge is 0.269 e. The van der Waals surface area contributed by atoms with Gasteiger partial charge >= 0.3 is 0 Å². The predicted octanol–water partition coefficient (Wildman–Crippen LogP) is 0.873. The number of thiocarbonyl (C=S) groups is 1. The van der Waals surface area contributed by atoms with E-state index in [1.54, 1.807) is 6.92 Å². The number of pyridine rings is 1. The Kier molecular flexibility index (Phi) is 4.30. The van der Waals surface area contributed by atoms with E-state index in [-0.39, 0.29) is 17.5 Å². The van der Waals surface area contributed by atoms with Crippen molar-refractivity contribution in [2.45, 2.75) is 6.92 Å². The molecule has 4 nitrogen and oxygen atoms in total. The van der Waals surface area contributed by atoms with E-state index in [4.69, 9.17) is 18.0 Å². The van der Waals surface area contributed by atoms with Crippen LogP contribution in [0.3, 0.4) is 0 Å². The molecule has 3 N–H and O–H groups in total. The number of carbonyl (C=O) groups is 1. The minimum Gasteiger partial charge on any atom is -0.393 e. The predicted molar refractivity (Wildman–Crippen MR) is 62.5 cm³/mol. The highest BCUT2D eigenvalue weighted by molar-refractivity contribution is 7.80. The van der Waals surface area contributed by atoms with Crippen LogP contribution in [0.1, 0.15) is 17.4 Å². The van der Waals surface area contributed by atoms with Gasteiger partial charge in [0.2, 0.25) is 0 Å². The second-order valence-electron chi connectivity index (χ2n) is 3.38. The van der Waals surface area contributed by atoms with Gasteiger partial charge in [0.15, 0.2) is 0 Å². The van der Waals surface area contributed by atoms with Crippen LogP contribution in [-0.2, 0) is 0 Å². The molecular weight excluding hydrogens is 229 g/mol. The molecule has 0 aliphatic heterocycles. The quantitative estimate of drug-likeness (QED) is 0.768. The van der Waals surface area contributed by atoms with E-state index in [1.807, 2.05) is 0 Å². The first-order valence-corrected chi connectivity index (χ1v) is 5.10. The summed E-state index contributed by atoms with van der Waals surface area (Å²) in [4.78, 5) is 15.5. The van der Waals surface area contributed by atoms with Crippen LogP contribution in [0, 0.1) is 11.7 Å². The fourth-order valence-corrected chi connectivity index (χ4v) is 1.03. The molecule has 0 radical (unpaired) electrons. The Morgan fingerprint density at radius 2 is 2.38 bits per heavy atom. The largest absolute Gasteiger partial charge is 0.393 e. The standard InChI is InChI=1S/C10H12FN3OS/c1-6(9(12)16)4-14-10(15)8-3-2-7(11)5-13-8/h2-3,5-6H,4H2,1H3,(H2,12,16)(H,14,15). The molecular formula is C10H12FN3OS. The molecule has 0 fully saturated rings. The van der Waals surface area contributed by atoms with Gasteiger partial charge in [0.25, 0.3) is 5.91 Å². The molecule has 0 aliphatic carbocycles. The number of aromatic nitrogens is 1. The molecule has 86 valence electrons. The number of nitrogens with two attached hydrogens (primary N) is 1. The van der Waals surface area contributed by atoms with Crippen molar-refractivity contribution in [1.82, 2.24) is 10.3 Å². The third kappa shape index (κ3) is 3.54. The van der Waals surface area contributed by atoms with Crippen LogP contribution < -0.4 is 11.1 Å². The van der Waals surface area contributed by atoms with Crippen molar-refractivity contribution in [2.24, 2.45) is 11.7 Å². The minimum absolute atomic E-state index is 0.0839. The Balaban J connectivity index is 2.53. The van der Waals surface area contributed by atoms with Crippen molar-refractivity contribution in [3.8, 4) is 0 Å². The molecule has 1 aromatic heterocycles. The first-order valence-electron chi connectivity index (χ1n) is 4.69. The summed E-state index contributed by atoms with van der Waals surface area (Å²) in [7, 11) is 0. The fourth-order valence-electron chi connectivity index (χ4n) is 0.947. The Labute approximate surface area is 98.1 Å².